The molecule has 25 heavy (non-hydrogen) atoms. The first-order valence-electron chi connectivity index (χ1n) is 8.28. The third kappa shape index (κ3) is 3.13. The molecule has 4 rings (SSSR count). The molecule has 0 saturated carbocycles. The summed E-state index contributed by atoms with van der Waals surface area (Å²) in [5.41, 5.74) is 2.81. The summed E-state index contributed by atoms with van der Waals surface area (Å²) in [7, 11) is 0. The number of rotatable bonds is 2. The summed E-state index contributed by atoms with van der Waals surface area (Å²) in [6.07, 6.45) is 0.846. The highest BCUT2D eigenvalue weighted by molar-refractivity contribution is 6.06. The Kier molecular flexibility index (Phi) is 3.98. The summed E-state index contributed by atoms with van der Waals surface area (Å²) >= 11 is 0. The van der Waals surface area contributed by atoms with E-state index in [4.69, 9.17) is 9.47 Å². The quantitative estimate of drug-likeness (QED) is 0.771. The number of aromatic nitrogens is 1. The van der Waals surface area contributed by atoms with E-state index in [-0.39, 0.29) is 5.91 Å². The van der Waals surface area contributed by atoms with E-state index in [1.807, 2.05) is 49.4 Å². The number of hydrogen-bond donors (Lipinski definition) is 1. The highest BCUT2D eigenvalue weighted by Crippen LogP contribution is 2.32. The van der Waals surface area contributed by atoms with Gasteiger partial charge in [-0.3, -0.25) is 9.78 Å². The minimum atomic E-state index is -0.190. The molecule has 3 aromatic rings. The normalized spacial score (nSPS) is 13.3. The van der Waals surface area contributed by atoms with Gasteiger partial charge in [0, 0.05) is 23.6 Å². The number of fused-ring (bicyclic) bond motifs is 2. The van der Waals surface area contributed by atoms with Crippen LogP contribution in [0.3, 0.4) is 0 Å². The molecule has 2 aromatic carbocycles. The third-order valence-corrected chi connectivity index (χ3v) is 4.16. The van der Waals surface area contributed by atoms with Crippen molar-refractivity contribution in [2.24, 2.45) is 0 Å². The van der Waals surface area contributed by atoms with Crippen molar-refractivity contribution in [2.75, 3.05) is 18.5 Å². The van der Waals surface area contributed by atoms with E-state index in [0.717, 1.165) is 17.3 Å². The molecule has 126 valence electrons. The molecule has 1 aliphatic rings. The summed E-state index contributed by atoms with van der Waals surface area (Å²) in [4.78, 5) is 17.2. The van der Waals surface area contributed by atoms with Crippen molar-refractivity contribution < 1.29 is 14.3 Å². The zero-order chi connectivity index (χ0) is 17.2. The van der Waals surface area contributed by atoms with E-state index in [1.54, 1.807) is 6.07 Å². The van der Waals surface area contributed by atoms with Crippen LogP contribution in [0.5, 0.6) is 11.5 Å². The second-order valence-electron chi connectivity index (χ2n) is 5.98. The summed E-state index contributed by atoms with van der Waals surface area (Å²) in [5.74, 6) is 1.17. The topological polar surface area (TPSA) is 60.5 Å². The van der Waals surface area contributed by atoms with E-state index in [2.05, 4.69) is 10.3 Å². The molecule has 0 spiro atoms. The molecule has 1 aromatic heterocycles. The first-order valence-corrected chi connectivity index (χ1v) is 8.28. The maximum Gasteiger partial charge on any atom is 0.257 e. The Labute approximate surface area is 145 Å². The van der Waals surface area contributed by atoms with Crippen LogP contribution in [0.2, 0.25) is 0 Å². The Hall–Kier alpha value is -3.08. The SMILES string of the molecule is Cc1nc2ccccc2cc1C(=O)Nc1ccc2c(c1)OCCCO2. The number of hydrogen-bond acceptors (Lipinski definition) is 4. The van der Waals surface area contributed by atoms with Crippen LogP contribution in [-0.4, -0.2) is 24.1 Å². The van der Waals surface area contributed by atoms with Crippen LogP contribution < -0.4 is 14.8 Å². The lowest BCUT2D eigenvalue weighted by Gasteiger charge is -2.11. The number of carbonyl (C=O) groups excluding carboxylic acids is 1. The Morgan fingerprint density at radius 3 is 2.72 bits per heavy atom. The average molecular weight is 334 g/mol. The third-order valence-electron chi connectivity index (χ3n) is 4.16. The van der Waals surface area contributed by atoms with Gasteiger partial charge in [0.2, 0.25) is 0 Å². The van der Waals surface area contributed by atoms with Crippen LogP contribution in [-0.2, 0) is 0 Å². The molecule has 1 aliphatic heterocycles. The van der Waals surface area contributed by atoms with Crippen LogP contribution in [0.15, 0.2) is 48.5 Å². The lowest BCUT2D eigenvalue weighted by molar-refractivity contribution is 0.102. The molecule has 1 N–H and O–H groups in total. The summed E-state index contributed by atoms with van der Waals surface area (Å²) in [5, 5.41) is 3.86. The second kappa shape index (κ2) is 6.43. The lowest BCUT2D eigenvalue weighted by atomic mass is 10.1. The molecule has 0 aliphatic carbocycles. The number of benzene rings is 2. The Morgan fingerprint density at radius 1 is 1.04 bits per heavy atom. The smallest absolute Gasteiger partial charge is 0.257 e. The van der Waals surface area contributed by atoms with Crippen molar-refractivity contribution in [1.29, 1.82) is 0 Å². The Morgan fingerprint density at radius 2 is 1.84 bits per heavy atom. The molecular formula is C20H18N2O3. The minimum absolute atomic E-state index is 0.190. The fourth-order valence-electron chi connectivity index (χ4n) is 2.88. The first-order chi connectivity index (χ1) is 12.2. The number of pyridine rings is 1. The largest absolute Gasteiger partial charge is 0.490 e. The van der Waals surface area contributed by atoms with Crippen molar-refractivity contribution in [3.63, 3.8) is 0 Å². The van der Waals surface area contributed by atoms with Crippen molar-refractivity contribution >= 4 is 22.5 Å². The lowest BCUT2D eigenvalue weighted by Crippen LogP contribution is -2.14. The van der Waals surface area contributed by atoms with Crippen LogP contribution in [0, 0.1) is 6.92 Å². The number of para-hydroxylation sites is 1. The zero-order valence-corrected chi connectivity index (χ0v) is 13.9. The summed E-state index contributed by atoms with van der Waals surface area (Å²) in [6.45, 7) is 3.09. The highest BCUT2D eigenvalue weighted by atomic mass is 16.5. The maximum atomic E-state index is 12.7. The number of aryl methyl sites for hydroxylation is 1. The van der Waals surface area contributed by atoms with Crippen molar-refractivity contribution in [2.45, 2.75) is 13.3 Å². The van der Waals surface area contributed by atoms with E-state index in [1.165, 1.54) is 0 Å². The predicted molar refractivity (Wildman–Crippen MR) is 96.5 cm³/mol. The average Bonchev–Trinajstić information content (AvgIpc) is 2.86. The number of nitrogens with zero attached hydrogens (tertiary/aromatic N) is 1. The molecule has 0 fully saturated rings. The van der Waals surface area contributed by atoms with Gasteiger partial charge >= 0.3 is 0 Å². The standard InChI is InChI=1S/C20H18N2O3/c1-13-16(11-14-5-2-3-6-17(14)21-13)20(23)22-15-7-8-18-19(12-15)25-10-4-9-24-18/h2-3,5-8,11-12H,4,9-10H2,1H3,(H,22,23). The zero-order valence-electron chi connectivity index (χ0n) is 13.9. The molecule has 0 bridgehead atoms. The Balaban J connectivity index is 1.62. The van der Waals surface area contributed by atoms with E-state index >= 15 is 0 Å². The van der Waals surface area contributed by atoms with Gasteiger partial charge in [-0.05, 0) is 31.2 Å². The fraction of sp³-hybridized carbons (Fsp3) is 0.200. The molecule has 5 heteroatoms. The Bertz CT molecular complexity index is 953. The van der Waals surface area contributed by atoms with Gasteiger partial charge in [0.25, 0.3) is 5.91 Å². The van der Waals surface area contributed by atoms with Crippen molar-refractivity contribution in [3.8, 4) is 11.5 Å². The monoisotopic (exact) mass is 334 g/mol. The fourth-order valence-corrected chi connectivity index (χ4v) is 2.88. The van der Waals surface area contributed by atoms with Crippen molar-refractivity contribution in [3.05, 3.63) is 59.8 Å². The van der Waals surface area contributed by atoms with Crippen molar-refractivity contribution in [1.82, 2.24) is 4.98 Å². The van der Waals surface area contributed by atoms with Crippen LogP contribution in [0.1, 0.15) is 22.5 Å². The minimum Gasteiger partial charge on any atom is -0.490 e. The molecule has 5 nitrogen and oxygen atoms in total. The first kappa shape index (κ1) is 15.4. The second-order valence-corrected chi connectivity index (χ2v) is 5.98. The van der Waals surface area contributed by atoms with Gasteiger partial charge in [0.1, 0.15) is 0 Å². The number of nitrogens with one attached hydrogen (secondary N) is 1. The van der Waals surface area contributed by atoms with Crippen LogP contribution in [0.25, 0.3) is 10.9 Å². The molecule has 0 atom stereocenters. The molecule has 2 heterocycles. The van der Waals surface area contributed by atoms with E-state index < -0.39 is 0 Å². The van der Waals surface area contributed by atoms with Gasteiger partial charge in [0.05, 0.1) is 30.0 Å². The summed E-state index contributed by atoms with van der Waals surface area (Å²) < 4.78 is 11.3. The van der Waals surface area contributed by atoms with E-state index in [9.17, 15) is 4.79 Å². The maximum absolute atomic E-state index is 12.7. The molecule has 0 saturated heterocycles. The molecule has 0 unspecified atom stereocenters. The molecule has 0 radical (unpaired) electrons. The van der Waals surface area contributed by atoms with Gasteiger partial charge in [-0.25, -0.2) is 0 Å². The van der Waals surface area contributed by atoms with Crippen LogP contribution in [0.4, 0.5) is 5.69 Å². The number of amides is 1. The van der Waals surface area contributed by atoms with Crippen LogP contribution >= 0.6 is 0 Å². The van der Waals surface area contributed by atoms with E-state index in [0.29, 0.717) is 41.7 Å². The number of ether oxygens (including phenoxy) is 2. The predicted octanol–water partition coefficient (Wildman–Crippen LogP) is 3.96. The molecular weight excluding hydrogens is 316 g/mol. The summed E-state index contributed by atoms with van der Waals surface area (Å²) in [6, 6.07) is 15.1. The van der Waals surface area contributed by atoms with Gasteiger partial charge < -0.3 is 14.8 Å². The highest BCUT2D eigenvalue weighted by Gasteiger charge is 2.15. The number of carbonyl (C=O) groups is 1. The van der Waals surface area contributed by atoms with Gasteiger partial charge in [-0.15, -0.1) is 0 Å². The van der Waals surface area contributed by atoms with Gasteiger partial charge in [0.15, 0.2) is 11.5 Å². The number of anilines is 1. The van der Waals surface area contributed by atoms with Gasteiger partial charge in [-0.1, -0.05) is 18.2 Å². The molecule has 1 amide bonds. The van der Waals surface area contributed by atoms with Gasteiger partial charge in [-0.2, -0.15) is 0 Å².